The van der Waals surface area contributed by atoms with Gasteiger partial charge in [0.05, 0.1) is 24.0 Å². The number of likely N-dealkylation sites (tertiary alicyclic amines) is 1. The lowest BCUT2D eigenvalue weighted by molar-refractivity contribution is -0.158. The fourth-order valence-electron chi connectivity index (χ4n) is 4.08. The normalized spacial score (nSPS) is 21.5. The maximum Gasteiger partial charge on any atom is 0.330 e. The van der Waals surface area contributed by atoms with Crippen LogP contribution in [-0.2, 0) is 23.9 Å². The minimum absolute atomic E-state index is 0.214. The van der Waals surface area contributed by atoms with Crippen LogP contribution in [0.3, 0.4) is 0 Å². The van der Waals surface area contributed by atoms with Gasteiger partial charge in [0.25, 0.3) is 5.91 Å². The highest BCUT2D eigenvalue weighted by Gasteiger charge is 2.52. The predicted molar refractivity (Wildman–Crippen MR) is 117 cm³/mol. The Balaban J connectivity index is 1.61. The van der Waals surface area contributed by atoms with Gasteiger partial charge in [-0.25, -0.2) is 4.79 Å². The zero-order valence-electron chi connectivity index (χ0n) is 17.4. The lowest BCUT2D eigenvalue weighted by Gasteiger charge is -2.24. The maximum atomic E-state index is 12.8. The molecule has 2 fully saturated rings. The van der Waals surface area contributed by atoms with Crippen LogP contribution in [0.25, 0.3) is 0 Å². The van der Waals surface area contributed by atoms with E-state index in [1.54, 1.807) is 18.4 Å². The number of hydrogen-bond acceptors (Lipinski definition) is 7. The Labute approximate surface area is 190 Å². The third-order valence-corrected chi connectivity index (χ3v) is 6.51. The largest absolute Gasteiger partial charge is 0.495 e. The van der Waals surface area contributed by atoms with Crippen molar-refractivity contribution in [2.24, 2.45) is 11.8 Å². The molecule has 0 radical (unpaired) electrons. The van der Waals surface area contributed by atoms with Crippen LogP contribution in [0.2, 0.25) is 5.02 Å². The van der Waals surface area contributed by atoms with Gasteiger partial charge in [0.1, 0.15) is 11.8 Å². The monoisotopic (exact) mass is 468 g/mol. The Kier molecular flexibility index (Phi) is 7.83. The van der Waals surface area contributed by atoms with Gasteiger partial charge in [-0.1, -0.05) is 24.4 Å². The molecule has 0 aromatic heterocycles. The first-order valence-electron chi connectivity index (χ1n) is 10.0. The van der Waals surface area contributed by atoms with Crippen LogP contribution in [0.15, 0.2) is 18.2 Å². The molecule has 2 aliphatic rings. The summed E-state index contributed by atoms with van der Waals surface area (Å²) in [7, 11) is 1.48. The Morgan fingerprint density at radius 3 is 2.42 bits per heavy atom. The van der Waals surface area contributed by atoms with Crippen LogP contribution in [-0.4, -0.2) is 60.4 Å². The van der Waals surface area contributed by atoms with E-state index in [-0.39, 0.29) is 29.4 Å². The molecule has 1 aromatic rings. The molecule has 1 heterocycles. The number of halogens is 1. The van der Waals surface area contributed by atoms with Gasteiger partial charge in [-0.05, 0) is 37.3 Å². The molecule has 0 spiro atoms. The molecule has 1 aromatic carbocycles. The van der Waals surface area contributed by atoms with E-state index >= 15 is 0 Å². The summed E-state index contributed by atoms with van der Waals surface area (Å²) in [6.07, 6.45) is 4.92. The number of ether oxygens (including phenoxy) is 2. The topological polar surface area (TPSA) is 102 Å². The van der Waals surface area contributed by atoms with E-state index in [0.717, 1.165) is 17.7 Å². The van der Waals surface area contributed by atoms with Gasteiger partial charge in [0.15, 0.2) is 6.61 Å². The minimum atomic E-state index is -1.04. The van der Waals surface area contributed by atoms with E-state index in [0.29, 0.717) is 29.3 Å². The second-order valence-electron chi connectivity index (χ2n) is 7.52. The van der Waals surface area contributed by atoms with Crippen molar-refractivity contribution in [3.05, 3.63) is 23.2 Å². The molecule has 3 amide bonds. The van der Waals surface area contributed by atoms with Crippen molar-refractivity contribution in [2.45, 2.75) is 31.7 Å². The lowest BCUT2D eigenvalue weighted by Crippen LogP contribution is -2.48. The summed E-state index contributed by atoms with van der Waals surface area (Å²) in [6.45, 7) is -0.545. The van der Waals surface area contributed by atoms with E-state index < -0.39 is 24.5 Å². The number of nitrogens with zero attached hydrogens (tertiary/aromatic N) is 1. The van der Waals surface area contributed by atoms with Crippen LogP contribution < -0.4 is 10.1 Å². The van der Waals surface area contributed by atoms with Crippen molar-refractivity contribution in [1.29, 1.82) is 0 Å². The molecule has 1 aliphatic carbocycles. The number of nitrogens with one attached hydrogen (secondary N) is 1. The van der Waals surface area contributed by atoms with Gasteiger partial charge < -0.3 is 14.8 Å². The number of carbonyl (C=O) groups is 4. The smallest absolute Gasteiger partial charge is 0.330 e. The van der Waals surface area contributed by atoms with E-state index in [2.05, 4.69) is 5.32 Å². The molecule has 1 aliphatic heterocycles. The zero-order valence-corrected chi connectivity index (χ0v) is 19.0. The predicted octanol–water partition coefficient (Wildman–Crippen LogP) is 2.74. The van der Waals surface area contributed by atoms with Gasteiger partial charge in [-0.3, -0.25) is 19.3 Å². The maximum absolute atomic E-state index is 12.8. The summed E-state index contributed by atoms with van der Waals surface area (Å²) in [5.74, 6) is -1.95. The number of methoxy groups -OCH3 is 1. The second kappa shape index (κ2) is 10.4. The number of anilines is 1. The molecule has 168 valence electrons. The molecule has 0 bridgehead atoms. The van der Waals surface area contributed by atoms with Crippen molar-refractivity contribution in [3.8, 4) is 5.75 Å². The molecule has 3 rings (SSSR count). The summed E-state index contributed by atoms with van der Waals surface area (Å²) in [5.41, 5.74) is 0.418. The first-order valence-corrected chi connectivity index (χ1v) is 11.8. The van der Waals surface area contributed by atoms with Gasteiger partial charge in [-0.2, -0.15) is 11.8 Å². The van der Waals surface area contributed by atoms with E-state index in [1.807, 2.05) is 0 Å². The lowest BCUT2D eigenvalue weighted by atomic mass is 9.81. The first-order chi connectivity index (χ1) is 14.9. The molecule has 1 saturated heterocycles. The summed E-state index contributed by atoms with van der Waals surface area (Å²) in [5, 5.41) is 2.90. The van der Waals surface area contributed by atoms with Crippen molar-refractivity contribution >= 4 is 52.7 Å². The van der Waals surface area contributed by atoms with E-state index in [4.69, 9.17) is 21.1 Å². The molecule has 0 unspecified atom stereocenters. The summed E-state index contributed by atoms with van der Waals surface area (Å²) < 4.78 is 10.2. The fraction of sp³-hybridized carbons (Fsp3) is 0.524. The Hall–Kier alpha value is -2.26. The summed E-state index contributed by atoms with van der Waals surface area (Å²) >= 11 is 7.37. The molecule has 10 heteroatoms. The van der Waals surface area contributed by atoms with Crippen molar-refractivity contribution in [3.63, 3.8) is 0 Å². The number of fused-ring (bicyclic) bond motifs is 1. The van der Waals surface area contributed by atoms with Crippen molar-refractivity contribution in [1.82, 2.24) is 4.90 Å². The third-order valence-electron chi connectivity index (χ3n) is 5.56. The third kappa shape index (κ3) is 5.15. The molecule has 1 saturated carbocycles. The Morgan fingerprint density at radius 1 is 1.23 bits per heavy atom. The second-order valence-corrected chi connectivity index (χ2v) is 8.84. The van der Waals surface area contributed by atoms with E-state index in [9.17, 15) is 19.2 Å². The van der Waals surface area contributed by atoms with Gasteiger partial charge in [-0.15, -0.1) is 0 Å². The average molecular weight is 469 g/mol. The molecular formula is C21H25ClN2O6S. The quantitative estimate of drug-likeness (QED) is 0.462. The number of imide groups is 1. The SMILES string of the molecule is COc1ccc(NC(=O)COC(=O)[C@@H](CSC)N2C(=O)[C@H]3CCCC[C@H]3C2=O)cc1Cl. The molecule has 1 N–H and O–H groups in total. The summed E-state index contributed by atoms with van der Waals surface area (Å²) in [6, 6.07) is 3.68. The van der Waals surface area contributed by atoms with E-state index in [1.165, 1.54) is 24.9 Å². The molecular weight excluding hydrogens is 444 g/mol. The van der Waals surface area contributed by atoms with Gasteiger partial charge in [0, 0.05) is 11.4 Å². The number of hydrogen-bond donors (Lipinski definition) is 1. The number of benzene rings is 1. The number of carbonyl (C=O) groups excluding carboxylic acids is 4. The Morgan fingerprint density at radius 2 is 1.87 bits per heavy atom. The van der Waals surface area contributed by atoms with Gasteiger partial charge >= 0.3 is 5.97 Å². The number of amides is 3. The standard InChI is InChI=1S/C21H25ClN2O6S/c1-29-17-8-7-12(9-15(17)22)23-18(25)10-30-21(28)16(11-31-2)24-19(26)13-5-3-4-6-14(13)20(24)27/h7-9,13-14,16H,3-6,10-11H2,1-2H3,(H,23,25)/t13-,14+,16-/m1/s1. The number of rotatable bonds is 8. The highest BCUT2D eigenvalue weighted by molar-refractivity contribution is 7.98. The number of esters is 1. The van der Waals surface area contributed by atoms with Crippen LogP contribution >= 0.6 is 23.4 Å². The van der Waals surface area contributed by atoms with Crippen molar-refractivity contribution < 1.29 is 28.7 Å². The highest BCUT2D eigenvalue weighted by Crippen LogP contribution is 2.39. The zero-order chi connectivity index (χ0) is 22.5. The Bertz CT molecular complexity index is 855. The van der Waals surface area contributed by atoms with Crippen LogP contribution in [0.4, 0.5) is 5.69 Å². The summed E-state index contributed by atoms with van der Waals surface area (Å²) in [4.78, 5) is 51.6. The minimum Gasteiger partial charge on any atom is -0.495 e. The molecule has 3 atom stereocenters. The molecule has 31 heavy (non-hydrogen) atoms. The number of thioether (sulfide) groups is 1. The fourth-order valence-corrected chi connectivity index (χ4v) is 4.93. The van der Waals surface area contributed by atoms with Crippen LogP contribution in [0.1, 0.15) is 25.7 Å². The van der Waals surface area contributed by atoms with Crippen molar-refractivity contribution in [2.75, 3.05) is 31.0 Å². The molecule has 8 nitrogen and oxygen atoms in total. The van der Waals surface area contributed by atoms with Crippen LogP contribution in [0.5, 0.6) is 5.75 Å². The van der Waals surface area contributed by atoms with Crippen LogP contribution in [0, 0.1) is 11.8 Å². The highest BCUT2D eigenvalue weighted by atomic mass is 35.5. The average Bonchev–Trinajstić information content (AvgIpc) is 3.01. The first kappa shape index (κ1) is 23.4. The van der Waals surface area contributed by atoms with Gasteiger partial charge in [0.2, 0.25) is 11.8 Å².